The second-order valence-corrected chi connectivity index (χ2v) is 2.88. The standard InChI is InChI=1S/C8H10N2O3/c1-10-7(6-4-13-6)5(3-9-10)8(11)12-2/h3,6H,4H2,1-2H3. The van der Waals surface area contributed by atoms with Gasteiger partial charge in [-0.05, 0) is 0 Å². The average Bonchev–Trinajstić information content (AvgIpc) is 2.89. The summed E-state index contributed by atoms with van der Waals surface area (Å²) in [5, 5.41) is 3.98. The van der Waals surface area contributed by atoms with Crippen LogP contribution in [0.5, 0.6) is 0 Å². The first-order valence-corrected chi connectivity index (χ1v) is 3.96. The van der Waals surface area contributed by atoms with Crippen molar-refractivity contribution in [2.75, 3.05) is 13.7 Å². The predicted molar refractivity (Wildman–Crippen MR) is 43.2 cm³/mol. The average molecular weight is 182 g/mol. The van der Waals surface area contributed by atoms with Crippen LogP contribution in [0.15, 0.2) is 6.20 Å². The molecule has 0 amide bonds. The number of aromatic nitrogens is 2. The van der Waals surface area contributed by atoms with Gasteiger partial charge in [0.05, 0.1) is 25.6 Å². The highest BCUT2D eigenvalue weighted by Crippen LogP contribution is 2.31. The van der Waals surface area contributed by atoms with Crippen LogP contribution in [-0.4, -0.2) is 29.5 Å². The number of carbonyl (C=O) groups is 1. The Labute approximate surface area is 75.2 Å². The molecule has 0 spiro atoms. The molecule has 1 unspecified atom stereocenters. The molecule has 1 aliphatic heterocycles. The molecule has 5 nitrogen and oxygen atoms in total. The van der Waals surface area contributed by atoms with Gasteiger partial charge in [-0.1, -0.05) is 0 Å². The highest BCUT2D eigenvalue weighted by Gasteiger charge is 2.33. The Morgan fingerprint density at radius 2 is 2.54 bits per heavy atom. The highest BCUT2D eigenvalue weighted by atomic mass is 16.6. The zero-order chi connectivity index (χ0) is 9.42. The van der Waals surface area contributed by atoms with Crippen LogP contribution in [-0.2, 0) is 16.5 Å². The number of epoxide rings is 1. The third kappa shape index (κ3) is 1.31. The second kappa shape index (κ2) is 2.85. The van der Waals surface area contributed by atoms with E-state index in [1.54, 1.807) is 11.7 Å². The maximum atomic E-state index is 11.2. The molecular weight excluding hydrogens is 172 g/mol. The van der Waals surface area contributed by atoms with Crippen LogP contribution < -0.4 is 0 Å². The fraction of sp³-hybridized carbons (Fsp3) is 0.500. The smallest absolute Gasteiger partial charge is 0.341 e. The Kier molecular flexibility index (Phi) is 1.81. The minimum atomic E-state index is -0.362. The van der Waals surface area contributed by atoms with Gasteiger partial charge >= 0.3 is 5.97 Å². The van der Waals surface area contributed by atoms with Gasteiger partial charge in [-0.2, -0.15) is 5.10 Å². The number of ether oxygens (including phenoxy) is 2. The molecule has 0 saturated carbocycles. The predicted octanol–water partition coefficient (Wildman–Crippen LogP) is 0.278. The van der Waals surface area contributed by atoms with Gasteiger partial charge in [-0.25, -0.2) is 4.79 Å². The summed E-state index contributed by atoms with van der Waals surface area (Å²) in [6, 6.07) is 0. The van der Waals surface area contributed by atoms with Crippen molar-refractivity contribution in [2.45, 2.75) is 6.10 Å². The van der Waals surface area contributed by atoms with Crippen molar-refractivity contribution in [1.29, 1.82) is 0 Å². The maximum Gasteiger partial charge on any atom is 0.341 e. The number of rotatable bonds is 2. The van der Waals surface area contributed by atoms with Crippen LogP contribution in [0.2, 0.25) is 0 Å². The lowest BCUT2D eigenvalue weighted by Gasteiger charge is -2.00. The molecule has 1 saturated heterocycles. The van der Waals surface area contributed by atoms with Crippen molar-refractivity contribution in [2.24, 2.45) is 7.05 Å². The Bertz CT molecular complexity index is 341. The van der Waals surface area contributed by atoms with E-state index in [0.717, 1.165) is 5.69 Å². The number of esters is 1. The van der Waals surface area contributed by atoms with E-state index in [9.17, 15) is 4.79 Å². The summed E-state index contributed by atoms with van der Waals surface area (Å²) in [5.74, 6) is -0.362. The third-order valence-electron chi connectivity index (χ3n) is 2.03. The van der Waals surface area contributed by atoms with Gasteiger partial charge < -0.3 is 9.47 Å². The molecule has 1 atom stereocenters. The van der Waals surface area contributed by atoms with Crippen LogP contribution in [0.25, 0.3) is 0 Å². The fourth-order valence-corrected chi connectivity index (χ4v) is 1.30. The largest absolute Gasteiger partial charge is 0.465 e. The zero-order valence-corrected chi connectivity index (χ0v) is 7.48. The first-order valence-electron chi connectivity index (χ1n) is 3.96. The van der Waals surface area contributed by atoms with E-state index in [2.05, 4.69) is 9.84 Å². The summed E-state index contributed by atoms with van der Waals surface area (Å²) in [7, 11) is 3.14. The van der Waals surface area contributed by atoms with Crippen LogP contribution in [0.1, 0.15) is 22.2 Å². The lowest BCUT2D eigenvalue weighted by molar-refractivity contribution is 0.0598. The van der Waals surface area contributed by atoms with E-state index in [4.69, 9.17) is 4.74 Å². The summed E-state index contributed by atoms with van der Waals surface area (Å²) in [6.45, 7) is 0.656. The van der Waals surface area contributed by atoms with Crippen LogP contribution in [0, 0.1) is 0 Å². The minimum Gasteiger partial charge on any atom is -0.465 e. The topological polar surface area (TPSA) is 56.6 Å². The van der Waals surface area contributed by atoms with Gasteiger partial charge in [0.25, 0.3) is 0 Å². The second-order valence-electron chi connectivity index (χ2n) is 2.88. The molecule has 1 fully saturated rings. The molecule has 70 valence electrons. The quantitative estimate of drug-likeness (QED) is 0.487. The van der Waals surface area contributed by atoms with Crippen molar-refractivity contribution >= 4 is 5.97 Å². The minimum absolute atomic E-state index is 0.0154. The van der Waals surface area contributed by atoms with E-state index in [1.165, 1.54) is 13.3 Å². The molecule has 0 N–H and O–H groups in total. The van der Waals surface area contributed by atoms with Gasteiger partial charge in [0.1, 0.15) is 11.7 Å². The normalized spacial score (nSPS) is 20.0. The molecule has 2 heterocycles. The summed E-state index contributed by atoms with van der Waals surface area (Å²) in [4.78, 5) is 11.2. The van der Waals surface area contributed by atoms with Gasteiger partial charge in [0, 0.05) is 7.05 Å². The van der Waals surface area contributed by atoms with Crippen molar-refractivity contribution in [1.82, 2.24) is 9.78 Å². The molecule has 2 rings (SSSR count). The van der Waals surface area contributed by atoms with E-state index < -0.39 is 0 Å². The molecule has 1 aromatic heterocycles. The first kappa shape index (κ1) is 8.25. The molecule has 0 aliphatic carbocycles. The number of hydrogen-bond donors (Lipinski definition) is 0. The number of hydrogen-bond acceptors (Lipinski definition) is 4. The van der Waals surface area contributed by atoms with Gasteiger partial charge in [0.2, 0.25) is 0 Å². The molecule has 1 aliphatic rings. The Hall–Kier alpha value is -1.36. The van der Waals surface area contributed by atoms with E-state index in [1.807, 2.05) is 0 Å². The fourth-order valence-electron chi connectivity index (χ4n) is 1.30. The molecule has 1 aromatic rings. The van der Waals surface area contributed by atoms with Crippen molar-refractivity contribution in [3.05, 3.63) is 17.5 Å². The maximum absolute atomic E-state index is 11.2. The lowest BCUT2D eigenvalue weighted by Crippen LogP contribution is -2.06. The molecule has 0 aromatic carbocycles. The summed E-state index contributed by atoms with van der Waals surface area (Å²) in [6.07, 6.45) is 1.52. The number of nitrogens with zero attached hydrogens (tertiary/aromatic N) is 2. The molecular formula is C8H10N2O3. The molecule has 0 radical (unpaired) electrons. The molecule has 0 bridgehead atoms. The van der Waals surface area contributed by atoms with Crippen LogP contribution in [0.3, 0.4) is 0 Å². The number of methoxy groups -OCH3 is 1. The Morgan fingerprint density at radius 3 is 3.08 bits per heavy atom. The van der Waals surface area contributed by atoms with Gasteiger partial charge in [0.15, 0.2) is 0 Å². The summed E-state index contributed by atoms with van der Waals surface area (Å²) in [5.41, 5.74) is 1.29. The van der Waals surface area contributed by atoms with E-state index in [0.29, 0.717) is 12.2 Å². The van der Waals surface area contributed by atoms with E-state index in [-0.39, 0.29) is 12.1 Å². The van der Waals surface area contributed by atoms with Crippen molar-refractivity contribution in [3.63, 3.8) is 0 Å². The molecule has 13 heavy (non-hydrogen) atoms. The third-order valence-corrected chi connectivity index (χ3v) is 2.03. The zero-order valence-electron chi connectivity index (χ0n) is 7.48. The summed E-state index contributed by atoms with van der Waals surface area (Å²) >= 11 is 0. The molecule has 5 heteroatoms. The first-order chi connectivity index (χ1) is 6.24. The van der Waals surface area contributed by atoms with Gasteiger partial charge in [-0.3, -0.25) is 4.68 Å². The SMILES string of the molecule is COC(=O)c1cnn(C)c1C1CO1. The Morgan fingerprint density at radius 1 is 1.85 bits per heavy atom. The number of carbonyl (C=O) groups excluding carboxylic acids is 1. The van der Waals surface area contributed by atoms with Crippen LogP contribution in [0.4, 0.5) is 0 Å². The van der Waals surface area contributed by atoms with Crippen molar-refractivity contribution in [3.8, 4) is 0 Å². The Balaban J connectivity index is 2.39. The summed E-state index contributed by atoms with van der Waals surface area (Å²) < 4.78 is 11.4. The van der Waals surface area contributed by atoms with Crippen LogP contribution >= 0.6 is 0 Å². The highest BCUT2D eigenvalue weighted by molar-refractivity contribution is 5.90. The monoisotopic (exact) mass is 182 g/mol. The van der Waals surface area contributed by atoms with Crippen molar-refractivity contribution < 1.29 is 14.3 Å². The number of aryl methyl sites for hydroxylation is 1. The van der Waals surface area contributed by atoms with Gasteiger partial charge in [-0.15, -0.1) is 0 Å². The lowest BCUT2D eigenvalue weighted by atomic mass is 10.2. The van der Waals surface area contributed by atoms with E-state index >= 15 is 0 Å².